The molecule has 0 atom stereocenters. The molecule has 3 aromatic heterocycles. The number of nitrogens with zero attached hydrogens (tertiary/aromatic N) is 4. The van der Waals surface area contributed by atoms with Gasteiger partial charge >= 0.3 is 0 Å². The maximum atomic E-state index is 12.9. The molecule has 35 heavy (non-hydrogen) atoms. The van der Waals surface area contributed by atoms with Crippen molar-refractivity contribution in [2.75, 3.05) is 5.32 Å². The van der Waals surface area contributed by atoms with Crippen molar-refractivity contribution >= 4 is 34.6 Å². The zero-order valence-electron chi connectivity index (χ0n) is 19.7. The second kappa shape index (κ2) is 9.30. The average Bonchev–Trinajstić information content (AvgIpc) is 3.59. The molecule has 0 aliphatic heterocycles. The Kier molecular flexibility index (Phi) is 5.88. The normalized spacial score (nSPS) is 11.4. The van der Waals surface area contributed by atoms with Crippen LogP contribution >= 0.6 is 0 Å². The Hall–Kier alpha value is -4.66. The molecule has 9 heteroatoms. The summed E-state index contributed by atoms with van der Waals surface area (Å²) in [4.78, 5) is 20.1. The molecule has 176 valence electrons. The van der Waals surface area contributed by atoms with Crippen molar-refractivity contribution in [2.45, 2.75) is 27.3 Å². The molecular formula is C26H25N7O2. The van der Waals surface area contributed by atoms with Crippen LogP contribution in [0.5, 0.6) is 11.5 Å². The first-order valence-electron chi connectivity index (χ1n) is 11.3. The van der Waals surface area contributed by atoms with Gasteiger partial charge < -0.3 is 15.0 Å². The molecule has 9 nitrogen and oxygen atoms in total. The highest BCUT2D eigenvalue weighted by Crippen LogP contribution is 2.30. The summed E-state index contributed by atoms with van der Waals surface area (Å²) in [6, 6.07) is 13.1. The molecule has 0 radical (unpaired) electrons. The summed E-state index contributed by atoms with van der Waals surface area (Å²) in [6.45, 7) is 6.39. The largest absolute Gasteiger partial charge is 0.457 e. The SMILES string of the molecule is CCn1nc(C)cc1C(=O)Nc1cc(Oc2ccc3c(/C=C/c4ncc[nH]4)n[nH]c3c2)ccc1C. The van der Waals surface area contributed by atoms with Crippen LogP contribution in [-0.2, 0) is 6.54 Å². The lowest BCUT2D eigenvalue weighted by atomic mass is 10.1. The number of fused-ring (bicyclic) bond motifs is 1. The van der Waals surface area contributed by atoms with Gasteiger partial charge in [-0.2, -0.15) is 10.2 Å². The zero-order chi connectivity index (χ0) is 24.4. The molecule has 1 amide bonds. The number of ether oxygens (including phenoxy) is 1. The number of carbonyl (C=O) groups excluding carboxylic acids is 1. The van der Waals surface area contributed by atoms with Crippen molar-refractivity contribution in [3.63, 3.8) is 0 Å². The van der Waals surface area contributed by atoms with E-state index in [0.717, 1.165) is 33.7 Å². The lowest BCUT2D eigenvalue weighted by Crippen LogP contribution is -2.17. The average molecular weight is 468 g/mol. The van der Waals surface area contributed by atoms with Gasteiger partial charge in [0.1, 0.15) is 23.0 Å². The lowest BCUT2D eigenvalue weighted by molar-refractivity contribution is 0.101. The van der Waals surface area contributed by atoms with Crippen molar-refractivity contribution < 1.29 is 9.53 Å². The number of H-pyrrole nitrogens is 2. The van der Waals surface area contributed by atoms with Crippen LogP contribution < -0.4 is 10.1 Å². The monoisotopic (exact) mass is 467 g/mol. The minimum atomic E-state index is -0.207. The van der Waals surface area contributed by atoms with E-state index in [1.54, 1.807) is 23.1 Å². The third-order valence-electron chi connectivity index (χ3n) is 5.61. The van der Waals surface area contributed by atoms with E-state index >= 15 is 0 Å². The van der Waals surface area contributed by atoms with E-state index in [9.17, 15) is 4.79 Å². The maximum absolute atomic E-state index is 12.9. The summed E-state index contributed by atoms with van der Waals surface area (Å²) in [7, 11) is 0. The Labute approximate surface area is 201 Å². The quantitative estimate of drug-likeness (QED) is 0.299. The summed E-state index contributed by atoms with van der Waals surface area (Å²) in [5.41, 5.74) is 4.61. The zero-order valence-corrected chi connectivity index (χ0v) is 19.7. The number of hydrogen-bond donors (Lipinski definition) is 3. The number of hydrogen-bond acceptors (Lipinski definition) is 5. The van der Waals surface area contributed by atoms with E-state index < -0.39 is 0 Å². The van der Waals surface area contributed by atoms with Gasteiger partial charge in [-0.25, -0.2) is 4.98 Å². The lowest BCUT2D eigenvalue weighted by Gasteiger charge is -2.12. The number of aromatic nitrogens is 6. The first kappa shape index (κ1) is 22.1. The van der Waals surface area contributed by atoms with Crippen LogP contribution in [0.4, 0.5) is 5.69 Å². The first-order valence-corrected chi connectivity index (χ1v) is 11.3. The topological polar surface area (TPSA) is 114 Å². The van der Waals surface area contributed by atoms with Crippen molar-refractivity contribution in [3.05, 3.63) is 83.3 Å². The van der Waals surface area contributed by atoms with Crippen LogP contribution in [0.2, 0.25) is 0 Å². The molecule has 5 rings (SSSR count). The molecule has 3 N–H and O–H groups in total. The fourth-order valence-corrected chi connectivity index (χ4v) is 3.83. The van der Waals surface area contributed by atoms with Crippen molar-refractivity contribution in [2.24, 2.45) is 0 Å². The summed E-state index contributed by atoms with van der Waals surface area (Å²) in [6.07, 6.45) is 7.25. The number of rotatable bonds is 7. The number of imidazole rings is 1. The number of anilines is 1. The maximum Gasteiger partial charge on any atom is 0.273 e. The highest BCUT2D eigenvalue weighted by atomic mass is 16.5. The summed E-state index contributed by atoms with van der Waals surface area (Å²) in [5, 5.41) is 15.7. The molecular weight excluding hydrogens is 442 g/mol. The third-order valence-corrected chi connectivity index (χ3v) is 5.61. The number of aryl methyl sites for hydroxylation is 3. The molecule has 0 aliphatic carbocycles. The summed E-state index contributed by atoms with van der Waals surface area (Å²) < 4.78 is 7.79. The summed E-state index contributed by atoms with van der Waals surface area (Å²) >= 11 is 0. The Balaban J connectivity index is 1.34. The Morgan fingerprint density at radius 3 is 2.74 bits per heavy atom. The van der Waals surface area contributed by atoms with Crippen molar-refractivity contribution in [1.82, 2.24) is 29.9 Å². The Morgan fingerprint density at radius 2 is 1.94 bits per heavy atom. The van der Waals surface area contributed by atoms with Crippen LogP contribution in [0.1, 0.15) is 40.2 Å². The Bertz CT molecular complexity index is 1530. The van der Waals surface area contributed by atoms with E-state index in [0.29, 0.717) is 29.4 Å². The van der Waals surface area contributed by atoms with Gasteiger partial charge in [0.05, 0.1) is 16.9 Å². The number of aromatic amines is 2. The predicted molar refractivity (Wildman–Crippen MR) is 135 cm³/mol. The fourth-order valence-electron chi connectivity index (χ4n) is 3.83. The molecule has 0 saturated heterocycles. The summed E-state index contributed by atoms with van der Waals surface area (Å²) in [5.74, 6) is 1.82. The number of nitrogens with one attached hydrogen (secondary N) is 3. The molecule has 0 bridgehead atoms. The number of benzene rings is 2. The minimum Gasteiger partial charge on any atom is -0.457 e. The molecule has 2 aromatic carbocycles. The van der Waals surface area contributed by atoms with Crippen LogP contribution in [-0.4, -0.2) is 35.9 Å². The molecule has 0 spiro atoms. The Morgan fingerprint density at radius 1 is 1.11 bits per heavy atom. The van der Waals surface area contributed by atoms with Crippen molar-refractivity contribution in [1.29, 1.82) is 0 Å². The van der Waals surface area contributed by atoms with Crippen LogP contribution in [0, 0.1) is 13.8 Å². The second-order valence-corrected chi connectivity index (χ2v) is 8.14. The van der Waals surface area contributed by atoms with E-state index in [1.807, 2.05) is 69.3 Å². The molecule has 0 unspecified atom stereocenters. The molecule has 5 aromatic rings. The van der Waals surface area contributed by atoms with Gasteiger partial charge in [-0.3, -0.25) is 14.6 Å². The van der Waals surface area contributed by atoms with E-state index in [1.165, 1.54) is 0 Å². The van der Waals surface area contributed by atoms with E-state index in [-0.39, 0.29) is 5.91 Å². The van der Waals surface area contributed by atoms with Gasteiger partial charge in [0.15, 0.2) is 0 Å². The smallest absolute Gasteiger partial charge is 0.273 e. The van der Waals surface area contributed by atoms with Gasteiger partial charge in [0.2, 0.25) is 0 Å². The minimum absolute atomic E-state index is 0.207. The predicted octanol–water partition coefficient (Wildman–Crippen LogP) is 5.33. The van der Waals surface area contributed by atoms with Gasteiger partial charge in [-0.15, -0.1) is 0 Å². The highest BCUT2D eigenvalue weighted by molar-refractivity contribution is 6.03. The van der Waals surface area contributed by atoms with Crippen molar-refractivity contribution in [3.8, 4) is 11.5 Å². The van der Waals surface area contributed by atoms with Crippen LogP contribution in [0.3, 0.4) is 0 Å². The van der Waals surface area contributed by atoms with Crippen LogP contribution in [0.25, 0.3) is 23.1 Å². The third kappa shape index (κ3) is 4.70. The highest BCUT2D eigenvalue weighted by Gasteiger charge is 2.15. The fraction of sp³-hybridized carbons (Fsp3) is 0.154. The molecule has 0 aliphatic rings. The number of amides is 1. The standard InChI is InChI=1S/C26H25N7O2/c1-4-33-24(13-17(3)32-33)26(34)29-22-14-18(6-5-16(22)2)35-19-7-8-20-21(30-31-23(20)15-19)9-10-25-27-11-12-28-25/h5-15H,4H2,1-3H3,(H,27,28)(H,29,34)(H,30,31)/b10-9+. The van der Waals surface area contributed by atoms with E-state index in [4.69, 9.17) is 4.74 Å². The molecule has 0 saturated carbocycles. The van der Waals surface area contributed by atoms with Gasteiger partial charge in [0, 0.05) is 42.1 Å². The van der Waals surface area contributed by atoms with E-state index in [2.05, 4.69) is 30.6 Å². The van der Waals surface area contributed by atoms with Gasteiger partial charge in [0.25, 0.3) is 5.91 Å². The molecule has 0 fully saturated rings. The van der Waals surface area contributed by atoms with Gasteiger partial charge in [-0.05, 0) is 62.8 Å². The second-order valence-electron chi connectivity index (χ2n) is 8.14. The number of carbonyl (C=O) groups is 1. The van der Waals surface area contributed by atoms with Crippen LogP contribution in [0.15, 0.2) is 54.9 Å². The van der Waals surface area contributed by atoms with Gasteiger partial charge in [-0.1, -0.05) is 6.07 Å². The molecule has 3 heterocycles. The first-order chi connectivity index (χ1) is 17.0.